The van der Waals surface area contributed by atoms with E-state index in [2.05, 4.69) is 20.6 Å². The maximum absolute atomic E-state index is 5.91. The minimum atomic E-state index is 0.492. The molecular formula is C10H15ClN4S. The fourth-order valence-electron chi connectivity index (χ4n) is 1.72. The Balaban J connectivity index is 1.94. The largest absolute Gasteiger partial charge is 0.370 e. The van der Waals surface area contributed by atoms with E-state index in [0.29, 0.717) is 16.2 Å². The van der Waals surface area contributed by atoms with E-state index < -0.39 is 0 Å². The summed E-state index contributed by atoms with van der Waals surface area (Å²) in [5, 5.41) is 7.85. The lowest BCUT2D eigenvalue weighted by atomic mass is 10.1. The number of nitrogens with zero attached hydrogens (tertiary/aromatic N) is 2. The van der Waals surface area contributed by atoms with Gasteiger partial charge in [-0.1, -0.05) is 23.4 Å². The number of hydrogen-bond donors (Lipinski definition) is 2. The molecule has 2 heterocycles. The average Bonchev–Trinajstić information content (AvgIpc) is 2.78. The normalized spacial score (nSPS) is 20.0. The number of aromatic nitrogens is 2. The van der Waals surface area contributed by atoms with Crippen LogP contribution in [0, 0.1) is 5.92 Å². The van der Waals surface area contributed by atoms with Gasteiger partial charge in [0.15, 0.2) is 5.16 Å². The molecule has 16 heavy (non-hydrogen) atoms. The van der Waals surface area contributed by atoms with Crippen molar-refractivity contribution in [2.75, 3.05) is 31.2 Å². The first kappa shape index (κ1) is 12.0. The zero-order chi connectivity index (χ0) is 11.4. The number of halogens is 1. The van der Waals surface area contributed by atoms with Crippen molar-refractivity contribution in [3.63, 3.8) is 0 Å². The lowest BCUT2D eigenvalue weighted by molar-refractivity contribution is 0.613. The summed E-state index contributed by atoms with van der Waals surface area (Å²) < 4.78 is 0. The predicted molar refractivity (Wildman–Crippen MR) is 68.3 cm³/mol. The lowest BCUT2D eigenvalue weighted by Gasteiger charge is -2.11. The van der Waals surface area contributed by atoms with E-state index in [1.807, 2.05) is 6.26 Å². The zero-order valence-corrected chi connectivity index (χ0v) is 10.7. The van der Waals surface area contributed by atoms with Crippen molar-refractivity contribution >= 4 is 29.2 Å². The molecule has 1 aromatic heterocycles. The van der Waals surface area contributed by atoms with Crippen LogP contribution in [-0.2, 0) is 0 Å². The highest BCUT2D eigenvalue weighted by Gasteiger charge is 2.14. The van der Waals surface area contributed by atoms with Gasteiger partial charge in [-0.15, -0.1) is 0 Å². The molecule has 4 nitrogen and oxygen atoms in total. The molecule has 1 unspecified atom stereocenters. The van der Waals surface area contributed by atoms with Crippen molar-refractivity contribution in [2.24, 2.45) is 5.92 Å². The van der Waals surface area contributed by atoms with Gasteiger partial charge in [-0.05, 0) is 31.7 Å². The Hall–Kier alpha value is -0.520. The maximum Gasteiger partial charge on any atom is 0.190 e. The highest BCUT2D eigenvalue weighted by molar-refractivity contribution is 7.98. The highest BCUT2D eigenvalue weighted by atomic mass is 35.5. The van der Waals surface area contributed by atoms with Gasteiger partial charge in [0.25, 0.3) is 0 Å². The Labute approximate surface area is 105 Å². The number of nitrogens with one attached hydrogen (secondary N) is 2. The molecule has 1 aliphatic rings. The smallest absolute Gasteiger partial charge is 0.190 e. The van der Waals surface area contributed by atoms with Gasteiger partial charge in [0.05, 0.1) is 0 Å². The Morgan fingerprint density at radius 2 is 2.50 bits per heavy atom. The fraction of sp³-hybridized carbons (Fsp3) is 0.600. The first-order valence-electron chi connectivity index (χ1n) is 5.31. The quantitative estimate of drug-likeness (QED) is 0.491. The summed E-state index contributed by atoms with van der Waals surface area (Å²) in [6.45, 7) is 3.14. The maximum atomic E-state index is 5.91. The second-order valence-corrected chi connectivity index (χ2v) is 4.96. The standard InChI is InChI=1S/C10H15ClN4S/c1-16-10-14-8(11)4-9(15-10)13-6-7-2-3-12-5-7/h4,7,12H,2-3,5-6H2,1H3,(H,13,14,15). The molecule has 1 fully saturated rings. The molecule has 1 saturated heterocycles. The van der Waals surface area contributed by atoms with E-state index in [0.717, 1.165) is 25.5 Å². The number of thioether (sulfide) groups is 1. The molecule has 1 aromatic rings. The van der Waals surface area contributed by atoms with Crippen LogP contribution in [-0.4, -0.2) is 35.9 Å². The predicted octanol–water partition coefficient (Wildman–Crippen LogP) is 1.87. The summed E-state index contributed by atoms with van der Waals surface area (Å²) in [4.78, 5) is 8.45. The van der Waals surface area contributed by atoms with E-state index in [-0.39, 0.29) is 0 Å². The molecule has 0 radical (unpaired) electrons. The number of hydrogen-bond acceptors (Lipinski definition) is 5. The van der Waals surface area contributed by atoms with Crippen LogP contribution in [0.4, 0.5) is 5.82 Å². The highest BCUT2D eigenvalue weighted by Crippen LogP contribution is 2.18. The molecule has 0 spiro atoms. The van der Waals surface area contributed by atoms with Gasteiger partial charge in [0.2, 0.25) is 0 Å². The molecule has 2 N–H and O–H groups in total. The van der Waals surface area contributed by atoms with Gasteiger partial charge >= 0.3 is 0 Å². The molecule has 0 bridgehead atoms. The molecular weight excluding hydrogens is 244 g/mol. The third-order valence-electron chi connectivity index (χ3n) is 2.59. The average molecular weight is 259 g/mol. The van der Waals surface area contributed by atoms with Crippen LogP contribution in [0.3, 0.4) is 0 Å². The Bertz CT molecular complexity index is 355. The molecule has 6 heteroatoms. The first-order valence-corrected chi connectivity index (χ1v) is 6.91. The van der Waals surface area contributed by atoms with Crippen molar-refractivity contribution in [1.82, 2.24) is 15.3 Å². The zero-order valence-electron chi connectivity index (χ0n) is 9.16. The van der Waals surface area contributed by atoms with Crippen molar-refractivity contribution in [3.05, 3.63) is 11.2 Å². The van der Waals surface area contributed by atoms with Crippen molar-refractivity contribution in [3.8, 4) is 0 Å². The third-order valence-corrected chi connectivity index (χ3v) is 3.33. The summed E-state index contributed by atoms with van der Waals surface area (Å²) >= 11 is 7.40. The summed E-state index contributed by atoms with van der Waals surface area (Å²) in [6.07, 6.45) is 3.16. The van der Waals surface area contributed by atoms with E-state index in [4.69, 9.17) is 11.6 Å². The minimum absolute atomic E-state index is 0.492. The summed E-state index contributed by atoms with van der Waals surface area (Å²) in [5.74, 6) is 1.50. The SMILES string of the molecule is CSc1nc(Cl)cc(NCC2CCNC2)n1. The number of rotatable bonds is 4. The van der Waals surface area contributed by atoms with Gasteiger partial charge in [-0.25, -0.2) is 9.97 Å². The van der Waals surface area contributed by atoms with Gasteiger partial charge in [-0.3, -0.25) is 0 Å². The lowest BCUT2D eigenvalue weighted by Crippen LogP contribution is -2.17. The summed E-state index contributed by atoms with van der Waals surface area (Å²) in [5.41, 5.74) is 0. The van der Waals surface area contributed by atoms with E-state index in [1.165, 1.54) is 18.2 Å². The topological polar surface area (TPSA) is 49.8 Å². The third kappa shape index (κ3) is 3.23. The molecule has 0 amide bonds. The minimum Gasteiger partial charge on any atom is -0.370 e. The van der Waals surface area contributed by atoms with Crippen molar-refractivity contribution < 1.29 is 0 Å². The van der Waals surface area contributed by atoms with Crippen LogP contribution in [0.1, 0.15) is 6.42 Å². The van der Waals surface area contributed by atoms with Crippen LogP contribution in [0.5, 0.6) is 0 Å². The molecule has 0 aromatic carbocycles. The molecule has 0 aliphatic carbocycles. The van der Waals surface area contributed by atoms with Gasteiger partial charge in [-0.2, -0.15) is 0 Å². The van der Waals surface area contributed by atoms with Crippen LogP contribution < -0.4 is 10.6 Å². The van der Waals surface area contributed by atoms with Crippen LogP contribution in [0.2, 0.25) is 5.15 Å². The van der Waals surface area contributed by atoms with Gasteiger partial charge in [0.1, 0.15) is 11.0 Å². The van der Waals surface area contributed by atoms with Gasteiger partial charge in [0, 0.05) is 12.6 Å². The number of anilines is 1. The van der Waals surface area contributed by atoms with Gasteiger partial charge < -0.3 is 10.6 Å². The second kappa shape index (κ2) is 5.70. The van der Waals surface area contributed by atoms with E-state index >= 15 is 0 Å². The van der Waals surface area contributed by atoms with E-state index in [9.17, 15) is 0 Å². The molecule has 2 rings (SSSR count). The fourth-order valence-corrected chi connectivity index (χ4v) is 2.33. The summed E-state index contributed by atoms with van der Waals surface area (Å²) in [7, 11) is 0. The monoisotopic (exact) mass is 258 g/mol. The molecule has 1 aliphatic heterocycles. The Morgan fingerprint density at radius 1 is 1.62 bits per heavy atom. The summed E-state index contributed by atoms with van der Waals surface area (Å²) in [6, 6.07) is 1.77. The molecule has 1 atom stereocenters. The van der Waals surface area contributed by atoms with Crippen molar-refractivity contribution in [2.45, 2.75) is 11.6 Å². The Kier molecular flexibility index (Phi) is 4.26. The second-order valence-electron chi connectivity index (χ2n) is 3.80. The van der Waals surface area contributed by atoms with Crippen molar-refractivity contribution in [1.29, 1.82) is 0 Å². The Morgan fingerprint density at radius 3 is 3.19 bits per heavy atom. The van der Waals surface area contributed by atoms with E-state index in [1.54, 1.807) is 6.07 Å². The first-order chi connectivity index (χ1) is 7.78. The van der Waals surface area contributed by atoms with Crippen LogP contribution in [0.15, 0.2) is 11.2 Å². The van der Waals surface area contributed by atoms with Crippen LogP contribution >= 0.6 is 23.4 Å². The van der Waals surface area contributed by atoms with Crippen LogP contribution in [0.25, 0.3) is 0 Å². The molecule has 88 valence electrons. The molecule has 0 saturated carbocycles.